The number of aromatic nitrogens is 3. The molecule has 0 aromatic carbocycles. The number of hydrogen-bond donors (Lipinski definition) is 1. The lowest BCUT2D eigenvalue weighted by molar-refractivity contribution is 0.111. The van der Waals surface area contributed by atoms with Crippen LogP contribution in [0.3, 0.4) is 0 Å². The van der Waals surface area contributed by atoms with Gasteiger partial charge in [0.2, 0.25) is 0 Å². The van der Waals surface area contributed by atoms with Crippen molar-refractivity contribution in [3.63, 3.8) is 0 Å². The summed E-state index contributed by atoms with van der Waals surface area (Å²) in [6.45, 7) is 1.14. The Morgan fingerprint density at radius 1 is 1.23 bits per heavy atom. The van der Waals surface area contributed by atoms with Gasteiger partial charge in [-0.05, 0) is 12.8 Å². The molecule has 1 aliphatic carbocycles. The lowest BCUT2D eigenvalue weighted by atomic mass is 9.87. The van der Waals surface area contributed by atoms with Crippen LogP contribution in [0.4, 0.5) is 0 Å². The smallest absolute Gasteiger partial charge is 0.119 e. The van der Waals surface area contributed by atoms with Crippen molar-refractivity contribution in [2.24, 2.45) is 5.41 Å². The van der Waals surface area contributed by atoms with E-state index in [1.54, 1.807) is 12.7 Å². The van der Waals surface area contributed by atoms with Gasteiger partial charge in [0.25, 0.3) is 0 Å². The third-order valence-electron chi connectivity index (χ3n) is 2.98. The zero-order valence-corrected chi connectivity index (χ0v) is 7.69. The molecule has 0 bridgehead atoms. The summed E-state index contributed by atoms with van der Waals surface area (Å²) in [5.74, 6) is 0. The van der Waals surface area contributed by atoms with Gasteiger partial charge in [-0.2, -0.15) is 0 Å². The monoisotopic (exact) mass is 181 g/mol. The second kappa shape index (κ2) is 3.46. The molecule has 1 aromatic rings. The molecular formula is C9H15N3O. The summed E-state index contributed by atoms with van der Waals surface area (Å²) >= 11 is 0. The Morgan fingerprint density at radius 2 is 1.85 bits per heavy atom. The van der Waals surface area contributed by atoms with Crippen LogP contribution in [0.25, 0.3) is 0 Å². The summed E-state index contributed by atoms with van der Waals surface area (Å²) in [6, 6.07) is 0. The molecule has 2 rings (SSSR count). The molecular weight excluding hydrogens is 166 g/mol. The van der Waals surface area contributed by atoms with Gasteiger partial charge in [0.15, 0.2) is 0 Å². The Labute approximate surface area is 77.6 Å². The van der Waals surface area contributed by atoms with Crippen LogP contribution in [0.5, 0.6) is 0 Å². The fraction of sp³-hybridized carbons (Fsp3) is 0.778. The number of nitrogens with zero attached hydrogens (tertiary/aromatic N) is 3. The maximum atomic E-state index is 9.36. The predicted octanol–water partition coefficient (Wildman–Crippen LogP) is 0.831. The summed E-state index contributed by atoms with van der Waals surface area (Å²) in [6.07, 6.45) is 8.17. The second-order valence-electron chi connectivity index (χ2n) is 4.00. The number of rotatable bonds is 3. The summed E-state index contributed by atoms with van der Waals surface area (Å²) in [4.78, 5) is 0. The van der Waals surface area contributed by atoms with Crippen molar-refractivity contribution >= 4 is 0 Å². The first-order chi connectivity index (χ1) is 6.35. The van der Waals surface area contributed by atoms with Crippen molar-refractivity contribution in [3.8, 4) is 0 Å². The van der Waals surface area contributed by atoms with Gasteiger partial charge in [0, 0.05) is 12.0 Å². The largest absolute Gasteiger partial charge is 0.396 e. The third-order valence-corrected chi connectivity index (χ3v) is 2.98. The van der Waals surface area contributed by atoms with Gasteiger partial charge in [-0.1, -0.05) is 12.8 Å². The topological polar surface area (TPSA) is 50.9 Å². The molecule has 4 heteroatoms. The van der Waals surface area contributed by atoms with E-state index in [9.17, 15) is 5.11 Å². The molecule has 0 radical (unpaired) electrons. The summed E-state index contributed by atoms with van der Waals surface area (Å²) < 4.78 is 1.96. The molecule has 0 atom stereocenters. The van der Waals surface area contributed by atoms with Crippen molar-refractivity contribution in [1.29, 1.82) is 0 Å². The van der Waals surface area contributed by atoms with Crippen LogP contribution in [0.2, 0.25) is 0 Å². The van der Waals surface area contributed by atoms with Gasteiger partial charge in [0.05, 0.1) is 6.61 Å². The molecule has 13 heavy (non-hydrogen) atoms. The standard InChI is InChI=1S/C9H15N3O/c13-6-9(3-1-2-4-9)5-12-7-10-11-8-12/h7-8,13H,1-6H2. The lowest BCUT2D eigenvalue weighted by Gasteiger charge is -2.26. The van der Waals surface area contributed by atoms with Crippen molar-refractivity contribution < 1.29 is 5.11 Å². The summed E-state index contributed by atoms with van der Waals surface area (Å²) in [5.41, 5.74) is 0.0996. The molecule has 0 saturated heterocycles. The van der Waals surface area contributed by atoms with Gasteiger partial charge < -0.3 is 9.67 Å². The van der Waals surface area contributed by atoms with Crippen molar-refractivity contribution in [2.45, 2.75) is 32.2 Å². The maximum absolute atomic E-state index is 9.36. The molecule has 72 valence electrons. The third kappa shape index (κ3) is 1.72. The Balaban J connectivity index is 2.06. The normalized spacial score (nSPS) is 20.7. The Morgan fingerprint density at radius 3 is 2.38 bits per heavy atom. The van der Waals surface area contributed by atoms with Crippen LogP contribution in [-0.4, -0.2) is 26.5 Å². The van der Waals surface area contributed by atoms with Gasteiger partial charge in [-0.3, -0.25) is 0 Å². The zero-order chi connectivity index (χ0) is 9.15. The van der Waals surface area contributed by atoms with Crippen LogP contribution < -0.4 is 0 Å². The predicted molar refractivity (Wildman–Crippen MR) is 48.0 cm³/mol. The molecule has 0 spiro atoms. The molecule has 0 amide bonds. The Bertz CT molecular complexity index is 252. The van der Waals surface area contributed by atoms with E-state index in [1.165, 1.54) is 12.8 Å². The van der Waals surface area contributed by atoms with Crippen LogP contribution in [0.1, 0.15) is 25.7 Å². The minimum Gasteiger partial charge on any atom is -0.396 e. The van der Waals surface area contributed by atoms with E-state index in [0.717, 1.165) is 19.4 Å². The zero-order valence-electron chi connectivity index (χ0n) is 7.69. The van der Waals surface area contributed by atoms with E-state index in [4.69, 9.17) is 0 Å². The molecule has 1 fully saturated rings. The van der Waals surface area contributed by atoms with Gasteiger partial charge in [-0.25, -0.2) is 0 Å². The molecule has 4 nitrogen and oxygen atoms in total. The number of hydrogen-bond acceptors (Lipinski definition) is 3. The first-order valence-corrected chi connectivity index (χ1v) is 4.78. The van der Waals surface area contributed by atoms with Crippen molar-refractivity contribution in [3.05, 3.63) is 12.7 Å². The maximum Gasteiger partial charge on any atom is 0.119 e. The fourth-order valence-electron chi connectivity index (χ4n) is 2.18. The van der Waals surface area contributed by atoms with Gasteiger partial charge >= 0.3 is 0 Å². The average molecular weight is 181 g/mol. The Hall–Kier alpha value is -0.900. The second-order valence-corrected chi connectivity index (χ2v) is 4.00. The molecule has 0 aliphatic heterocycles. The number of aliphatic hydroxyl groups excluding tert-OH is 1. The highest BCUT2D eigenvalue weighted by atomic mass is 16.3. The highest BCUT2D eigenvalue weighted by Gasteiger charge is 2.33. The molecule has 0 unspecified atom stereocenters. The summed E-state index contributed by atoms with van der Waals surface area (Å²) in [5, 5.41) is 16.9. The van der Waals surface area contributed by atoms with Crippen molar-refractivity contribution in [2.75, 3.05) is 6.61 Å². The number of aliphatic hydroxyl groups is 1. The highest BCUT2D eigenvalue weighted by Crippen LogP contribution is 2.38. The SMILES string of the molecule is OCC1(Cn2cnnc2)CCCC1. The van der Waals surface area contributed by atoms with Crippen LogP contribution in [0.15, 0.2) is 12.7 Å². The van der Waals surface area contributed by atoms with Gasteiger partial charge in [-0.15, -0.1) is 10.2 Å². The molecule has 1 aromatic heterocycles. The van der Waals surface area contributed by atoms with E-state index >= 15 is 0 Å². The highest BCUT2D eigenvalue weighted by molar-refractivity contribution is 4.85. The van der Waals surface area contributed by atoms with Gasteiger partial charge in [0.1, 0.15) is 12.7 Å². The van der Waals surface area contributed by atoms with E-state index < -0.39 is 0 Å². The molecule has 1 N–H and O–H groups in total. The van der Waals surface area contributed by atoms with Crippen LogP contribution in [-0.2, 0) is 6.54 Å². The van der Waals surface area contributed by atoms with Crippen LogP contribution in [0, 0.1) is 5.41 Å². The van der Waals surface area contributed by atoms with E-state index in [2.05, 4.69) is 10.2 Å². The molecule has 1 heterocycles. The minimum absolute atomic E-state index is 0.0996. The van der Waals surface area contributed by atoms with E-state index in [1.807, 2.05) is 4.57 Å². The summed E-state index contributed by atoms with van der Waals surface area (Å²) in [7, 11) is 0. The first-order valence-electron chi connectivity index (χ1n) is 4.78. The van der Waals surface area contributed by atoms with E-state index in [-0.39, 0.29) is 12.0 Å². The first kappa shape index (κ1) is 8.69. The molecule has 1 saturated carbocycles. The average Bonchev–Trinajstić information content (AvgIpc) is 2.77. The fourth-order valence-corrected chi connectivity index (χ4v) is 2.18. The quantitative estimate of drug-likeness (QED) is 0.751. The van der Waals surface area contributed by atoms with Crippen molar-refractivity contribution in [1.82, 2.24) is 14.8 Å². The Kier molecular flexibility index (Phi) is 2.31. The lowest BCUT2D eigenvalue weighted by Crippen LogP contribution is -2.27. The van der Waals surface area contributed by atoms with E-state index in [0.29, 0.717) is 0 Å². The minimum atomic E-state index is 0.0996. The van der Waals surface area contributed by atoms with Crippen LogP contribution >= 0.6 is 0 Å². The molecule has 1 aliphatic rings.